The molecule has 0 aliphatic carbocycles. The highest BCUT2D eigenvalue weighted by atomic mass is 32.2. The van der Waals surface area contributed by atoms with Crippen molar-refractivity contribution >= 4 is 38.4 Å². The quantitative estimate of drug-likeness (QED) is 0.703. The molecule has 0 bridgehead atoms. The van der Waals surface area contributed by atoms with Crippen molar-refractivity contribution < 1.29 is 22.4 Å². The van der Waals surface area contributed by atoms with E-state index in [9.17, 15) is 18.0 Å². The molecular weight excluding hydrogens is 374 g/mol. The van der Waals surface area contributed by atoms with Crippen LogP contribution in [0.5, 0.6) is 5.75 Å². The average molecular weight is 389 g/mol. The summed E-state index contributed by atoms with van der Waals surface area (Å²) in [6.07, 6.45) is -0.618. The molecule has 0 spiro atoms. The maximum Gasteiger partial charge on any atom is 0.419 e. The molecule has 4 rings (SSSR count). The molecule has 2 aromatic carbocycles. The van der Waals surface area contributed by atoms with Crippen LogP contribution >= 0.6 is 0 Å². The van der Waals surface area contributed by atoms with Crippen LogP contribution in [0.4, 0.5) is 11.4 Å². The molecule has 0 saturated heterocycles. The summed E-state index contributed by atoms with van der Waals surface area (Å²) in [4.78, 5) is 23.2. The minimum Gasteiger partial charge on any atom is -0.479 e. The molecule has 3 aromatic rings. The molecule has 1 aliphatic heterocycles. The maximum atomic E-state index is 12.7. The molecule has 9 nitrogen and oxygen atoms in total. The Morgan fingerprint density at radius 1 is 1.15 bits per heavy atom. The molecule has 1 aliphatic rings. The topological polar surface area (TPSA) is 120 Å². The van der Waals surface area contributed by atoms with Gasteiger partial charge in [0, 0.05) is 13.1 Å². The predicted molar refractivity (Wildman–Crippen MR) is 97.4 cm³/mol. The van der Waals surface area contributed by atoms with Gasteiger partial charge in [-0.05, 0) is 37.3 Å². The first-order valence-electron chi connectivity index (χ1n) is 7.98. The molecule has 10 heteroatoms. The minimum absolute atomic E-state index is 0.0593. The molecule has 0 unspecified atom stereocenters. The van der Waals surface area contributed by atoms with E-state index in [1.807, 2.05) is 0 Å². The summed E-state index contributed by atoms with van der Waals surface area (Å²) in [6, 6.07) is 8.73. The second-order valence-electron chi connectivity index (χ2n) is 6.12. The van der Waals surface area contributed by atoms with Crippen LogP contribution in [0.1, 0.15) is 6.92 Å². The lowest BCUT2D eigenvalue weighted by atomic mass is 10.2. The number of amides is 1. The molecule has 0 radical (unpaired) electrons. The van der Waals surface area contributed by atoms with Crippen molar-refractivity contribution in [1.82, 2.24) is 4.57 Å². The molecule has 1 amide bonds. The lowest BCUT2D eigenvalue weighted by Crippen LogP contribution is -2.34. The SMILES string of the molecule is C[C@@H]1Oc2ccc(NS(=O)(=O)c3ccc4c(c3)oc(=O)n4C)cc2NC1=O. The summed E-state index contributed by atoms with van der Waals surface area (Å²) < 4.78 is 39.5. The molecule has 27 heavy (non-hydrogen) atoms. The van der Waals surface area contributed by atoms with Gasteiger partial charge in [0.05, 0.1) is 21.8 Å². The number of hydrogen-bond donors (Lipinski definition) is 2. The highest BCUT2D eigenvalue weighted by Crippen LogP contribution is 2.33. The number of anilines is 2. The van der Waals surface area contributed by atoms with Gasteiger partial charge in [0.15, 0.2) is 11.7 Å². The molecule has 140 valence electrons. The van der Waals surface area contributed by atoms with E-state index >= 15 is 0 Å². The largest absolute Gasteiger partial charge is 0.479 e. The number of hydrogen-bond acceptors (Lipinski definition) is 6. The fraction of sp³-hybridized carbons (Fsp3) is 0.176. The van der Waals surface area contributed by atoms with Gasteiger partial charge in [-0.25, -0.2) is 13.2 Å². The van der Waals surface area contributed by atoms with Gasteiger partial charge >= 0.3 is 5.76 Å². The smallest absolute Gasteiger partial charge is 0.419 e. The van der Waals surface area contributed by atoms with Gasteiger partial charge in [-0.3, -0.25) is 14.1 Å². The average Bonchev–Trinajstić information content (AvgIpc) is 2.90. The summed E-state index contributed by atoms with van der Waals surface area (Å²) in [5, 5.41) is 2.66. The third-order valence-corrected chi connectivity index (χ3v) is 5.62. The first-order chi connectivity index (χ1) is 12.7. The number of carbonyl (C=O) groups excluding carboxylic acids is 1. The van der Waals surface area contributed by atoms with Gasteiger partial charge in [-0.15, -0.1) is 0 Å². The van der Waals surface area contributed by atoms with E-state index in [1.165, 1.54) is 41.9 Å². The zero-order chi connectivity index (χ0) is 19.3. The number of fused-ring (bicyclic) bond motifs is 2. The van der Waals surface area contributed by atoms with E-state index < -0.39 is 21.9 Å². The zero-order valence-corrected chi connectivity index (χ0v) is 15.2. The monoisotopic (exact) mass is 389 g/mol. The lowest BCUT2D eigenvalue weighted by molar-refractivity contribution is -0.122. The van der Waals surface area contributed by atoms with E-state index in [0.29, 0.717) is 17.0 Å². The van der Waals surface area contributed by atoms with Gasteiger partial charge in [0.25, 0.3) is 15.9 Å². The standard InChI is InChI=1S/C17H15N3O6S/c1-9-16(21)18-12-7-10(3-6-14(12)25-9)19-27(23,24)11-4-5-13-15(8-11)26-17(22)20(13)2/h3-9,19H,1-2H3,(H,18,21)/t9-/m0/s1. The van der Waals surface area contributed by atoms with Crippen molar-refractivity contribution in [2.24, 2.45) is 7.05 Å². The number of aryl methyl sites for hydroxylation is 1. The number of oxazole rings is 1. The van der Waals surface area contributed by atoms with Gasteiger partial charge in [0.2, 0.25) is 0 Å². The van der Waals surface area contributed by atoms with E-state index in [1.54, 1.807) is 13.0 Å². The summed E-state index contributed by atoms with van der Waals surface area (Å²) >= 11 is 0. The van der Waals surface area contributed by atoms with Crippen molar-refractivity contribution in [3.8, 4) is 5.75 Å². The number of benzene rings is 2. The third-order valence-electron chi connectivity index (χ3n) is 4.24. The normalized spacial score (nSPS) is 16.5. The Hall–Kier alpha value is -3.27. The summed E-state index contributed by atoms with van der Waals surface area (Å²) in [5.41, 5.74) is 1.29. The number of sulfonamides is 1. The van der Waals surface area contributed by atoms with E-state index in [2.05, 4.69) is 10.0 Å². The highest BCUT2D eigenvalue weighted by molar-refractivity contribution is 7.92. The maximum absolute atomic E-state index is 12.7. The van der Waals surface area contributed by atoms with Crippen molar-refractivity contribution in [3.05, 3.63) is 46.9 Å². The Morgan fingerprint density at radius 2 is 1.93 bits per heavy atom. The van der Waals surface area contributed by atoms with Crippen LogP contribution in [-0.4, -0.2) is 25.0 Å². The molecule has 0 saturated carbocycles. The van der Waals surface area contributed by atoms with Gasteiger partial charge in [-0.2, -0.15) is 0 Å². The first-order valence-corrected chi connectivity index (χ1v) is 9.47. The number of carbonyl (C=O) groups is 1. The molecule has 0 fully saturated rings. The van der Waals surface area contributed by atoms with Gasteiger partial charge in [0.1, 0.15) is 5.75 Å². The Bertz CT molecular complexity index is 1240. The Morgan fingerprint density at radius 3 is 2.70 bits per heavy atom. The molecule has 1 atom stereocenters. The van der Waals surface area contributed by atoms with Crippen molar-refractivity contribution in [1.29, 1.82) is 0 Å². The van der Waals surface area contributed by atoms with Gasteiger partial charge < -0.3 is 14.5 Å². The van der Waals surface area contributed by atoms with Crippen LogP contribution in [-0.2, 0) is 21.9 Å². The summed E-state index contributed by atoms with van der Waals surface area (Å²) in [6.45, 7) is 1.62. The molecule has 2 heterocycles. The second kappa shape index (κ2) is 5.88. The lowest BCUT2D eigenvalue weighted by Gasteiger charge is -2.23. The zero-order valence-electron chi connectivity index (χ0n) is 14.3. The van der Waals surface area contributed by atoms with Gasteiger partial charge in [-0.1, -0.05) is 0 Å². The third kappa shape index (κ3) is 2.93. The minimum atomic E-state index is -3.93. The molecule has 1 aromatic heterocycles. The fourth-order valence-electron chi connectivity index (χ4n) is 2.77. The Labute approximate surface area is 153 Å². The Kier molecular flexibility index (Phi) is 3.74. The fourth-order valence-corrected chi connectivity index (χ4v) is 3.83. The number of ether oxygens (including phenoxy) is 1. The van der Waals surface area contributed by atoms with Crippen molar-refractivity contribution in [2.45, 2.75) is 17.9 Å². The molecule has 2 N–H and O–H groups in total. The van der Waals surface area contributed by atoms with Crippen molar-refractivity contribution in [3.63, 3.8) is 0 Å². The molecular formula is C17H15N3O6S. The summed E-state index contributed by atoms with van der Waals surface area (Å²) in [7, 11) is -2.40. The van der Waals surface area contributed by atoms with Crippen LogP contribution in [0.25, 0.3) is 11.1 Å². The van der Waals surface area contributed by atoms with Crippen LogP contribution in [0.3, 0.4) is 0 Å². The number of nitrogens with one attached hydrogen (secondary N) is 2. The first kappa shape index (κ1) is 17.2. The predicted octanol–water partition coefficient (Wildman–Crippen LogP) is 1.65. The number of nitrogens with zero attached hydrogens (tertiary/aromatic N) is 1. The number of rotatable bonds is 3. The van der Waals surface area contributed by atoms with E-state index in [0.717, 1.165) is 0 Å². The number of aromatic nitrogens is 1. The van der Waals surface area contributed by atoms with E-state index in [4.69, 9.17) is 9.15 Å². The van der Waals surface area contributed by atoms with Crippen LogP contribution in [0.15, 0.2) is 50.5 Å². The van der Waals surface area contributed by atoms with Crippen molar-refractivity contribution in [2.75, 3.05) is 10.0 Å². The summed E-state index contributed by atoms with van der Waals surface area (Å²) in [5.74, 6) is -0.434. The Balaban J connectivity index is 1.67. The second-order valence-corrected chi connectivity index (χ2v) is 7.80. The van der Waals surface area contributed by atoms with Crippen LogP contribution in [0, 0.1) is 0 Å². The van der Waals surface area contributed by atoms with Crippen LogP contribution in [0.2, 0.25) is 0 Å². The van der Waals surface area contributed by atoms with Crippen LogP contribution < -0.4 is 20.5 Å². The van der Waals surface area contributed by atoms with E-state index in [-0.39, 0.29) is 22.1 Å². The highest BCUT2D eigenvalue weighted by Gasteiger charge is 2.24.